The zero-order valence-corrected chi connectivity index (χ0v) is 9.53. The third-order valence-electron chi connectivity index (χ3n) is 2.37. The number of aromatic nitrogens is 2. The summed E-state index contributed by atoms with van der Waals surface area (Å²) in [6, 6.07) is 7.34. The maximum atomic E-state index is 11.4. The van der Waals surface area contributed by atoms with E-state index in [9.17, 15) is 4.79 Å². The third kappa shape index (κ3) is 2.84. The zero-order valence-electron chi connectivity index (χ0n) is 9.53. The molecule has 2 rings (SSSR count). The van der Waals surface area contributed by atoms with Crippen LogP contribution in [0.5, 0.6) is 0 Å². The summed E-state index contributed by atoms with van der Waals surface area (Å²) in [4.78, 5) is 18.6. The van der Waals surface area contributed by atoms with Gasteiger partial charge in [-0.1, -0.05) is 6.07 Å². The summed E-state index contributed by atoms with van der Waals surface area (Å²) in [6.45, 7) is 0.601. The predicted octanol–water partition coefficient (Wildman–Crippen LogP) is 1.38. The van der Waals surface area contributed by atoms with E-state index in [2.05, 4.69) is 20.6 Å². The van der Waals surface area contributed by atoms with Gasteiger partial charge in [0.25, 0.3) is 5.91 Å². The number of carbonyl (C=O) groups excluding carboxylic acids is 1. The van der Waals surface area contributed by atoms with Crippen molar-refractivity contribution in [2.75, 3.05) is 12.4 Å². The maximum absolute atomic E-state index is 11.4. The second-order valence-electron chi connectivity index (χ2n) is 3.55. The van der Waals surface area contributed by atoms with Gasteiger partial charge < -0.3 is 15.6 Å². The quantitative estimate of drug-likeness (QED) is 0.743. The standard InChI is InChI=1S/C12H14N4O/c1-13-12(17)9-3-2-4-10(7-9)16-8-11-14-5-6-15-11/h2-7,16H,8H2,1H3,(H,13,17)(H,14,15). The number of anilines is 1. The highest BCUT2D eigenvalue weighted by atomic mass is 16.1. The first-order valence-corrected chi connectivity index (χ1v) is 5.34. The highest BCUT2D eigenvalue weighted by Gasteiger charge is 2.03. The van der Waals surface area contributed by atoms with Gasteiger partial charge in [-0.3, -0.25) is 4.79 Å². The van der Waals surface area contributed by atoms with Crippen molar-refractivity contribution in [3.63, 3.8) is 0 Å². The lowest BCUT2D eigenvalue weighted by Gasteiger charge is -2.06. The molecule has 17 heavy (non-hydrogen) atoms. The van der Waals surface area contributed by atoms with E-state index >= 15 is 0 Å². The molecular weight excluding hydrogens is 216 g/mol. The van der Waals surface area contributed by atoms with Gasteiger partial charge in [-0.25, -0.2) is 4.98 Å². The Labute approximate surface area is 99.3 Å². The van der Waals surface area contributed by atoms with Crippen molar-refractivity contribution in [3.8, 4) is 0 Å². The molecule has 1 amide bonds. The van der Waals surface area contributed by atoms with Crippen LogP contribution < -0.4 is 10.6 Å². The normalized spacial score (nSPS) is 9.94. The highest BCUT2D eigenvalue weighted by Crippen LogP contribution is 2.11. The fourth-order valence-electron chi connectivity index (χ4n) is 1.50. The molecule has 1 heterocycles. The fourth-order valence-corrected chi connectivity index (χ4v) is 1.50. The minimum absolute atomic E-state index is 0.0911. The Morgan fingerprint density at radius 2 is 2.35 bits per heavy atom. The summed E-state index contributed by atoms with van der Waals surface area (Å²) in [7, 11) is 1.62. The Hall–Kier alpha value is -2.30. The van der Waals surface area contributed by atoms with E-state index in [1.807, 2.05) is 18.2 Å². The summed E-state index contributed by atoms with van der Waals surface area (Å²) in [6.07, 6.45) is 3.48. The Bertz CT molecular complexity index is 493. The van der Waals surface area contributed by atoms with Crippen molar-refractivity contribution in [1.82, 2.24) is 15.3 Å². The van der Waals surface area contributed by atoms with Gasteiger partial charge in [-0.2, -0.15) is 0 Å². The predicted molar refractivity (Wildman–Crippen MR) is 65.7 cm³/mol. The third-order valence-corrected chi connectivity index (χ3v) is 2.37. The number of rotatable bonds is 4. The Morgan fingerprint density at radius 1 is 1.47 bits per heavy atom. The van der Waals surface area contributed by atoms with Crippen LogP contribution in [0.15, 0.2) is 36.7 Å². The van der Waals surface area contributed by atoms with Crippen LogP contribution in [0.4, 0.5) is 5.69 Å². The van der Waals surface area contributed by atoms with Crippen LogP contribution in [0.2, 0.25) is 0 Å². The van der Waals surface area contributed by atoms with E-state index in [0.717, 1.165) is 11.5 Å². The van der Waals surface area contributed by atoms with Crippen LogP contribution >= 0.6 is 0 Å². The van der Waals surface area contributed by atoms with Crippen molar-refractivity contribution >= 4 is 11.6 Å². The molecule has 0 unspecified atom stereocenters. The molecule has 2 aromatic rings. The van der Waals surface area contributed by atoms with Crippen LogP contribution in [0.3, 0.4) is 0 Å². The van der Waals surface area contributed by atoms with Gasteiger partial charge in [0.15, 0.2) is 0 Å². The van der Waals surface area contributed by atoms with Crippen molar-refractivity contribution in [1.29, 1.82) is 0 Å². The lowest BCUT2D eigenvalue weighted by Crippen LogP contribution is -2.17. The first-order valence-electron chi connectivity index (χ1n) is 5.34. The molecular formula is C12H14N4O. The molecule has 0 aliphatic heterocycles. The lowest BCUT2D eigenvalue weighted by molar-refractivity contribution is 0.0963. The maximum Gasteiger partial charge on any atom is 0.251 e. The van der Waals surface area contributed by atoms with Crippen molar-refractivity contribution in [2.24, 2.45) is 0 Å². The first-order chi connectivity index (χ1) is 8.29. The summed E-state index contributed by atoms with van der Waals surface area (Å²) in [5, 5.41) is 5.79. The average Bonchev–Trinajstić information content (AvgIpc) is 2.89. The van der Waals surface area contributed by atoms with Crippen LogP contribution in [-0.2, 0) is 6.54 Å². The average molecular weight is 230 g/mol. The number of benzene rings is 1. The van der Waals surface area contributed by atoms with Crippen LogP contribution in [0.1, 0.15) is 16.2 Å². The molecule has 88 valence electrons. The van der Waals surface area contributed by atoms with E-state index in [4.69, 9.17) is 0 Å². The van der Waals surface area contributed by atoms with Crippen molar-refractivity contribution < 1.29 is 4.79 Å². The SMILES string of the molecule is CNC(=O)c1cccc(NCc2ncc[nH]2)c1. The van der Waals surface area contributed by atoms with E-state index < -0.39 is 0 Å². The summed E-state index contributed by atoms with van der Waals surface area (Å²) in [5.41, 5.74) is 1.53. The van der Waals surface area contributed by atoms with E-state index in [-0.39, 0.29) is 5.91 Å². The minimum Gasteiger partial charge on any atom is -0.378 e. The van der Waals surface area contributed by atoms with E-state index in [1.54, 1.807) is 25.5 Å². The molecule has 1 aromatic carbocycles. The number of hydrogen-bond acceptors (Lipinski definition) is 3. The number of nitrogens with zero attached hydrogens (tertiary/aromatic N) is 1. The van der Waals surface area contributed by atoms with Gasteiger partial charge in [0.2, 0.25) is 0 Å². The lowest BCUT2D eigenvalue weighted by atomic mass is 10.2. The van der Waals surface area contributed by atoms with Crippen LogP contribution in [0, 0.1) is 0 Å². The van der Waals surface area contributed by atoms with E-state index in [1.165, 1.54) is 0 Å². The summed E-state index contributed by atoms with van der Waals surface area (Å²) >= 11 is 0. The number of aromatic amines is 1. The van der Waals surface area contributed by atoms with Gasteiger partial charge in [0, 0.05) is 30.7 Å². The summed E-state index contributed by atoms with van der Waals surface area (Å²) < 4.78 is 0. The number of nitrogens with one attached hydrogen (secondary N) is 3. The highest BCUT2D eigenvalue weighted by molar-refractivity contribution is 5.94. The Kier molecular flexibility index (Phi) is 3.40. The van der Waals surface area contributed by atoms with E-state index in [0.29, 0.717) is 12.1 Å². The molecule has 0 atom stereocenters. The molecule has 0 aliphatic carbocycles. The smallest absolute Gasteiger partial charge is 0.251 e. The van der Waals surface area contributed by atoms with Gasteiger partial charge in [-0.15, -0.1) is 0 Å². The minimum atomic E-state index is -0.0911. The molecule has 0 radical (unpaired) electrons. The number of carbonyl (C=O) groups is 1. The van der Waals surface area contributed by atoms with Crippen molar-refractivity contribution in [3.05, 3.63) is 48.0 Å². The van der Waals surface area contributed by atoms with Crippen molar-refractivity contribution in [2.45, 2.75) is 6.54 Å². The zero-order chi connectivity index (χ0) is 12.1. The number of imidazole rings is 1. The number of amides is 1. The molecule has 0 spiro atoms. The molecule has 0 aliphatic rings. The molecule has 0 fully saturated rings. The van der Waals surface area contributed by atoms with Crippen LogP contribution in [0.25, 0.3) is 0 Å². The largest absolute Gasteiger partial charge is 0.378 e. The topological polar surface area (TPSA) is 69.8 Å². The molecule has 0 bridgehead atoms. The van der Waals surface area contributed by atoms with Gasteiger partial charge in [-0.05, 0) is 18.2 Å². The van der Waals surface area contributed by atoms with Crippen LogP contribution in [-0.4, -0.2) is 22.9 Å². The number of hydrogen-bond donors (Lipinski definition) is 3. The van der Waals surface area contributed by atoms with Gasteiger partial charge in [0.05, 0.1) is 6.54 Å². The second-order valence-corrected chi connectivity index (χ2v) is 3.55. The first kappa shape index (κ1) is 11.2. The summed E-state index contributed by atoms with van der Waals surface area (Å²) in [5.74, 6) is 0.766. The monoisotopic (exact) mass is 230 g/mol. The number of H-pyrrole nitrogens is 1. The Balaban J connectivity index is 2.03. The molecule has 3 N–H and O–H groups in total. The molecule has 0 saturated heterocycles. The Morgan fingerprint density at radius 3 is 3.06 bits per heavy atom. The van der Waals surface area contributed by atoms with Gasteiger partial charge >= 0.3 is 0 Å². The molecule has 0 saturated carbocycles. The second kappa shape index (κ2) is 5.16. The molecule has 5 nitrogen and oxygen atoms in total. The molecule has 5 heteroatoms. The fraction of sp³-hybridized carbons (Fsp3) is 0.167. The molecule has 1 aromatic heterocycles. The van der Waals surface area contributed by atoms with Gasteiger partial charge in [0.1, 0.15) is 5.82 Å².